The fourth-order valence-electron chi connectivity index (χ4n) is 1.83. The minimum Gasteiger partial charge on any atom is -0.497 e. The number of methoxy groups -OCH3 is 1. The number of benzene rings is 1. The zero-order valence-electron chi connectivity index (χ0n) is 10.2. The Kier molecular flexibility index (Phi) is 3.38. The van der Waals surface area contributed by atoms with Gasteiger partial charge in [0.2, 0.25) is 0 Å². The first kappa shape index (κ1) is 12.0. The average molecular weight is 251 g/mol. The second-order valence-corrected chi connectivity index (χ2v) is 4.18. The molecule has 0 spiro atoms. The quantitative estimate of drug-likeness (QED) is 0.835. The standard InChI is InChI=1S/C13H15ClN2O/c1-4-12-9(2)15-16(13(12)14)10-5-7-11(17-3)8-6-10/h5-8H,4H2,1-3H3. The predicted octanol–water partition coefficient (Wildman–Crippen LogP) is 3.41. The summed E-state index contributed by atoms with van der Waals surface area (Å²) in [6.07, 6.45) is 0.890. The van der Waals surface area contributed by atoms with E-state index in [4.69, 9.17) is 16.3 Å². The van der Waals surface area contributed by atoms with Crippen LogP contribution in [0.2, 0.25) is 5.15 Å². The highest BCUT2D eigenvalue weighted by Gasteiger charge is 2.12. The highest BCUT2D eigenvalue weighted by atomic mass is 35.5. The maximum atomic E-state index is 6.31. The molecule has 2 aromatic rings. The molecule has 0 fully saturated rings. The van der Waals surface area contributed by atoms with E-state index in [0.29, 0.717) is 5.15 Å². The second kappa shape index (κ2) is 4.80. The van der Waals surface area contributed by atoms with Crippen LogP contribution in [0.5, 0.6) is 5.75 Å². The van der Waals surface area contributed by atoms with E-state index < -0.39 is 0 Å². The number of hydrogen-bond acceptors (Lipinski definition) is 2. The van der Waals surface area contributed by atoms with E-state index >= 15 is 0 Å². The van der Waals surface area contributed by atoms with Crippen molar-refractivity contribution in [1.82, 2.24) is 9.78 Å². The van der Waals surface area contributed by atoms with Crippen molar-refractivity contribution in [3.63, 3.8) is 0 Å². The van der Waals surface area contributed by atoms with Gasteiger partial charge in [0.05, 0.1) is 18.5 Å². The molecule has 0 radical (unpaired) electrons. The number of aromatic nitrogens is 2. The average Bonchev–Trinajstić information content (AvgIpc) is 2.64. The van der Waals surface area contributed by atoms with Gasteiger partial charge in [0, 0.05) is 5.56 Å². The molecule has 0 saturated carbocycles. The molecule has 0 aliphatic heterocycles. The number of ether oxygens (including phenoxy) is 1. The van der Waals surface area contributed by atoms with E-state index in [1.807, 2.05) is 31.2 Å². The number of hydrogen-bond donors (Lipinski definition) is 0. The molecule has 17 heavy (non-hydrogen) atoms. The topological polar surface area (TPSA) is 27.1 Å². The van der Waals surface area contributed by atoms with Crippen LogP contribution < -0.4 is 4.74 Å². The lowest BCUT2D eigenvalue weighted by molar-refractivity contribution is 0.414. The Hall–Kier alpha value is -1.48. The monoisotopic (exact) mass is 250 g/mol. The van der Waals surface area contributed by atoms with Crippen molar-refractivity contribution < 1.29 is 4.74 Å². The van der Waals surface area contributed by atoms with Gasteiger partial charge in [0.15, 0.2) is 0 Å². The maximum Gasteiger partial charge on any atom is 0.136 e. The summed E-state index contributed by atoms with van der Waals surface area (Å²) in [7, 11) is 1.65. The van der Waals surface area contributed by atoms with E-state index in [-0.39, 0.29) is 0 Å². The van der Waals surface area contributed by atoms with Gasteiger partial charge in [-0.1, -0.05) is 18.5 Å². The third-order valence-electron chi connectivity index (χ3n) is 2.79. The normalized spacial score (nSPS) is 10.6. The maximum absolute atomic E-state index is 6.31. The van der Waals surface area contributed by atoms with Gasteiger partial charge in [-0.25, -0.2) is 4.68 Å². The molecule has 2 rings (SSSR count). The van der Waals surface area contributed by atoms with Crippen molar-refractivity contribution in [3.8, 4) is 11.4 Å². The summed E-state index contributed by atoms with van der Waals surface area (Å²) in [5.74, 6) is 0.824. The van der Waals surface area contributed by atoms with E-state index in [2.05, 4.69) is 12.0 Å². The number of aryl methyl sites for hydroxylation is 1. The van der Waals surface area contributed by atoms with Crippen LogP contribution in [0.4, 0.5) is 0 Å². The molecule has 4 heteroatoms. The lowest BCUT2D eigenvalue weighted by atomic mass is 10.2. The second-order valence-electron chi connectivity index (χ2n) is 3.82. The van der Waals surface area contributed by atoms with Crippen LogP contribution in [0.3, 0.4) is 0 Å². The molecule has 0 saturated heterocycles. The Morgan fingerprint density at radius 3 is 2.41 bits per heavy atom. The van der Waals surface area contributed by atoms with Gasteiger partial charge in [-0.2, -0.15) is 5.10 Å². The van der Waals surface area contributed by atoms with Gasteiger partial charge in [-0.05, 0) is 37.6 Å². The smallest absolute Gasteiger partial charge is 0.136 e. The lowest BCUT2D eigenvalue weighted by Crippen LogP contribution is -1.96. The molecule has 1 aromatic heterocycles. The van der Waals surface area contributed by atoms with Crippen LogP contribution in [0.25, 0.3) is 5.69 Å². The van der Waals surface area contributed by atoms with Gasteiger partial charge < -0.3 is 4.74 Å². The first-order valence-electron chi connectivity index (χ1n) is 5.55. The van der Waals surface area contributed by atoms with Gasteiger partial charge in [-0.15, -0.1) is 0 Å². The molecule has 1 aromatic carbocycles. The molecule has 0 unspecified atom stereocenters. The van der Waals surface area contributed by atoms with E-state index in [1.165, 1.54) is 0 Å². The molecule has 0 N–H and O–H groups in total. The van der Waals surface area contributed by atoms with Crippen molar-refractivity contribution in [3.05, 3.63) is 40.7 Å². The highest BCUT2D eigenvalue weighted by Crippen LogP contribution is 2.24. The Balaban J connectivity index is 2.45. The van der Waals surface area contributed by atoms with Crippen molar-refractivity contribution in [2.24, 2.45) is 0 Å². The Labute approximate surface area is 106 Å². The Morgan fingerprint density at radius 1 is 1.29 bits per heavy atom. The summed E-state index contributed by atoms with van der Waals surface area (Å²) >= 11 is 6.31. The van der Waals surface area contributed by atoms with Crippen molar-refractivity contribution in [2.45, 2.75) is 20.3 Å². The van der Waals surface area contributed by atoms with Crippen LogP contribution >= 0.6 is 11.6 Å². The summed E-state index contributed by atoms with van der Waals surface area (Å²) < 4.78 is 6.88. The predicted molar refractivity (Wildman–Crippen MR) is 69.2 cm³/mol. The fourth-order valence-corrected chi connectivity index (χ4v) is 2.23. The zero-order chi connectivity index (χ0) is 12.4. The molecule has 0 aliphatic carbocycles. The number of nitrogens with zero attached hydrogens (tertiary/aromatic N) is 2. The van der Waals surface area contributed by atoms with E-state index in [9.17, 15) is 0 Å². The molecule has 90 valence electrons. The molecule has 0 amide bonds. The van der Waals surface area contributed by atoms with Crippen molar-refractivity contribution >= 4 is 11.6 Å². The van der Waals surface area contributed by atoms with Gasteiger partial charge in [0.1, 0.15) is 10.9 Å². The molecular weight excluding hydrogens is 236 g/mol. The van der Waals surface area contributed by atoms with Gasteiger partial charge in [-0.3, -0.25) is 0 Å². The van der Waals surface area contributed by atoms with Crippen LogP contribution in [0.15, 0.2) is 24.3 Å². The van der Waals surface area contributed by atoms with E-state index in [0.717, 1.165) is 29.1 Å². The van der Waals surface area contributed by atoms with Crippen LogP contribution in [-0.2, 0) is 6.42 Å². The van der Waals surface area contributed by atoms with Gasteiger partial charge in [0.25, 0.3) is 0 Å². The summed E-state index contributed by atoms with van der Waals surface area (Å²) in [4.78, 5) is 0. The van der Waals surface area contributed by atoms with Crippen LogP contribution in [0, 0.1) is 6.92 Å². The Morgan fingerprint density at radius 2 is 1.94 bits per heavy atom. The largest absolute Gasteiger partial charge is 0.497 e. The number of rotatable bonds is 3. The first-order chi connectivity index (χ1) is 8.17. The minimum absolute atomic E-state index is 0.690. The van der Waals surface area contributed by atoms with E-state index in [1.54, 1.807) is 11.8 Å². The number of halogens is 1. The summed E-state index contributed by atoms with van der Waals surface area (Å²) in [5.41, 5.74) is 3.02. The minimum atomic E-state index is 0.690. The summed E-state index contributed by atoms with van der Waals surface area (Å²) in [6.45, 7) is 4.05. The highest BCUT2D eigenvalue weighted by molar-refractivity contribution is 6.30. The van der Waals surface area contributed by atoms with Crippen molar-refractivity contribution in [2.75, 3.05) is 7.11 Å². The van der Waals surface area contributed by atoms with Crippen molar-refractivity contribution in [1.29, 1.82) is 0 Å². The molecule has 3 nitrogen and oxygen atoms in total. The van der Waals surface area contributed by atoms with Gasteiger partial charge >= 0.3 is 0 Å². The fraction of sp³-hybridized carbons (Fsp3) is 0.308. The van der Waals surface area contributed by atoms with Crippen LogP contribution in [-0.4, -0.2) is 16.9 Å². The molecular formula is C13H15ClN2O. The molecule has 0 atom stereocenters. The third-order valence-corrected chi connectivity index (χ3v) is 3.18. The molecule has 0 aliphatic rings. The lowest BCUT2D eigenvalue weighted by Gasteiger charge is -2.04. The SMILES string of the molecule is CCc1c(C)nn(-c2ccc(OC)cc2)c1Cl. The zero-order valence-corrected chi connectivity index (χ0v) is 11.0. The third kappa shape index (κ3) is 2.15. The Bertz CT molecular complexity index is 517. The molecule has 1 heterocycles. The first-order valence-corrected chi connectivity index (χ1v) is 5.93. The summed E-state index contributed by atoms with van der Waals surface area (Å²) in [5, 5.41) is 5.14. The van der Waals surface area contributed by atoms with Crippen LogP contribution in [0.1, 0.15) is 18.2 Å². The summed E-state index contributed by atoms with van der Waals surface area (Å²) in [6, 6.07) is 7.68. The molecule has 0 bridgehead atoms.